The molecule has 0 spiro atoms. The van der Waals surface area contributed by atoms with Crippen LogP contribution in [0.4, 0.5) is 0 Å². The summed E-state index contributed by atoms with van der Waals surface area (Å²) < 4.78 is 26.6. The van der Waals surface area contributed by atoms with Crippen molar-refractivity contribution in [3.8, 4) is 0 Å². The lowest BCUT2D eigenvalue weighted by molar-refractivity contribution is -0.142. The van der Waals surface area contributed by atoms with Gasteiger partial charge in [0, 0.05) is 6.54 Å². The predicted molar refractivity (Wildman–Crippen MR) is 83.6 cm³/mol. The van der Waals surface area contributed by atoms with Gasteiger partial charge in [-0.3, -0.25) is 14.3 Å². The second kappa shape index (κ2) is 7.10. The molecular weight excluding hydrogens is 320 g/mol. The molecule has 7 nitrogen and oxygen atoms in total. The SMILES string of the molecule is O=C(O)CN1CC=CC=C(NS(=O)(=O)Cc2ccccc2)C1=O. The van der Waals surface area contributed by atoms with Crippen LogP contribution in [-0.2, 0) is 25.4 Å². The van der Waals surface area contributed by atoms with Crippen LogP contribution in [0.3, 0.4) is 0 Å². The monoisotopic (exact) mass is 336 g/mol. The summed E-state index contributed by atoms with van der Waals surface area (Å²) in [5, 5.41) is 8.81. The van der Waals surface area contributed by atoms with Gasteiger partial charge in [-0.05, 0) is 11.6 Å². The molecule has 0 radical (unpaired) electrons. The van der Waals surface area contributed by atoms with Gasteiger partial charge >= 0.3 is 5.97 Å². The maximum atomic E-state index is 12.2. The molecule has 0 aliphatic carbocycles. The van der Waals surface area contributed by atoms with Crippen LogP contribution in [0.2, 0.25) is 0 Å². The van der Waals surface area contributed by atoms with Crippen LogP contribution in [-0.4, -0.2) is 43.4 Å². The summed E-state index contributed by atoms with van der Waals surface area (Å²) in [6, 6.07) is 8.55. The summed E-state index contributed by atoms with van der Waals surface area (Å²) in [5.41, 5.74) is 0.413. The lowest BCUT2D eigenvalue weighted by Gasteiger charge is -2.19. The Labute approximate surface area is 134 Å². The standard InChI is InChI=1S/C15H16N2O5S/c18-14(19)10-17-9-5-4-8-13(15(17)20)16-23(21,22)11-12-6-2-1-3-7-12/h1-8,16H,9-11H2,(H,18,19). The first-order valence-corrected chi connectivity index (χ1v) is 8.45. The average molecular weight is 336 g/mol. The molecule has 0 saturated carbocycles. The Bertz CT molecular complexity index is 753. The summed E-state index contributed by atoms with van der Waals surface area (Å²) in [6.07, 6.45) is 4.42. The van der Waals surface area contributed by atoms with Gasteiger partial charge in [0.15, 0.2) is 0 Å². The molecule has 122 valence electrons. The number of carbonyl (C=O) groups excluding carboxylic acids is 1. The highest BCUT2D eigenvalue weighted by Crippen LogP contribution is 2.10. The minimum atomic E-state index is -3.78. The zero-order chi connectivity index (χ0) is 16.9. The first kappa shape index (κ1) is 16.8. The number of aliphatic carboxylic acids is 1. The fourth-order valence-electron chi connectivity index (χ4n) is 2.05. The van der Waals surface area contributed by atoms with Crippen molar-refractivity contribution in [1.82, 2.24) is 9.62 Å². The van der Waals surface area contributed by atoms with Crippen molar-refractivity contribution in [3.63, 3.8) is 0 Å². The minimum absolute atomic E-state index is 0.103. The topological polar surface area (TPSA) is 104 Å². The van der Waals surface area contributed by atoms with Gasteiger partial charge < -0.3 is 10.0 Å². The summed E-state index contributed by atoms with van der Waals surface area (Å²) in [7, 11) is -3.78. The van der Waals surface area contributed by atoms with Gasteiger partial charge in [0.2, 0.25) is 10.0 Å². The van der Waals surface area contributed by atoms with Gasteiger partial charge in [0.05, 0.1) is 5.75 Å². The van der Waals surface area contributed by atoms with Gasteiger partial charge in [0.1, 0.15) is 12.2 Å². The fraction of sp³-hybridized carbons (Fsp3) is 0.200. The van der Waals surface area contributed by atoms with Gasteiger partial charge in [-0.1, -0.05) is 42.5 Å². The number of nitrogens with zero attached hydrogens (tertiary/aromatic N) is 1. The van der Waals surface area contributed by atoms with Crippen molar-refractivity contribution in [2.24, 2.45) is 0 Å². The molecule has 0 aromatic heterocycles. The molecule has 0 saturated heterocycles. The quantitative estimate of drug-likeness (QED) is 0.786. The maximum Gasteiger partial charge on any atom is 0.323 e. The van der Waals surface area contributed by atoms with Crippen LogP contribution in [0.1, 0.15) is 5.56 Å². The molecule has 1 heterocycles. The lowest BCUT2D eigenvalue weighted by atomic mass is 10.2. The van der Waals surface area contributed by atoms with Crippen molar-refractivity contribution < 1.29 is 23.1 Å². The van der Waals surface area contributed by atoms with E-state index >= 15 is 0 Å². The van der Waals surface area contributed by atoms with E-state index < -0.39 is 28.4 Å². The summed E-state index contributed by atoms with van der Waals surface area (Å²) in [6.45, 7) is -0.396. The lowest BCUT2D eigenvalue weighted by Crippen LogP contribution is -2.40. The van der Waals surface area contributed by atoms with Crippen molar-refractivity contribution in [2.75, 3.05) is 13.1 Å². The summed E-state index contributed by atoms with van der Waals surface area (Å²) in [5.74, 6) is -2.12. The van der Waals surface area contributed by atoms with E-state index in [-0.39, 0.29) is 18.0 Å². The smallest absolute Gasteiger partial charge is 0.323 e. The molecule has 2 rings (SSSR count). The second-order valence-electron chi connectivity index (χ2n) is 4.93. The largest absolute Gasteiger partial charge is 0.480 e. The Morgan fingerprint density at radius 2 is 1.96 bits per heavy atom. The number of rotatable bonds is 6. The number of allylic oxidation sites excluding steroid dienone is 2. The number of hydrogen-bond acceptors (Lipinski definition) is 4. The zero-order valence-corrected chi connectivity index (χ0v) is 13.0. The van der Waals surface area contributed by atoms with Crippen molar-refractivity contribution >= 4 is 21.9 Å². The maximum absolute atomic E-state index is 12.2. The van der Waals surface area contributed by atoms with E-state index in [9.17, 15) is 18.0 Å². The normalized spacial score (nSPS) is 15.0. The van der Waals surface area contributed by atoms with Crippen molar-refractivity contribution in [1.29, 1.82) is 0 Å². The Morgan fingerprint density at radius 1 is 1.26 bits per heavy atom. The molecule has 8 heteroatoms. The van der Waals surface area contributed by atoms with E-state index in [2.05, 4.69) is 4.72 Å². The summed E-state index contributed by atoms with van der Waals surface area (Å²) >= 11 is 0. The van der Waals surface area contributed by atoms with E-state index in [1.54, 1.807) is 36.4 Å². The third-order valence-corrected chi connectivity index (χ3v) is 4.28. The van der Waals surface area contributed by atoms with E-state index in [4.69, 9.17) is 5.11 Å². The van der Waals surface area contributed by atoms with Crippen LogP contribution in [0, 0.1) is 0 Å². The molecule has 0 unspecified atom stereocenters. The molecule has 0 atom stereocenters. The molecule has 1 aliphatic heterocycles. The van der Waals surface area contributed by atoms with Crippen LogP contribution < -0.4 is 4.72 Å². The molecule has 0 bridgehead atoms. The third kappa shape index (κ3) is 4.96. The number of hydrogen-bond donors (Lipinski definition) is 2. The number of nitrogens with one attached hydrogen (secondary N) is 1. The van der Waals surface area contributed by atoms with Gasteiger partial charge in [0.25, 0.3) is 5.91 Å². The van der Waals surface area contributed by atoms with E-state index in [1.807, 2.05) is 0 Å². The molecule has 1 aromatic carbocycles. The number of carboxylic acid groups (broad SMARTS) is 1. The van der Waals surface area contributed by atoms with E-state index in [1.165, 1.54) is 12.2 Å². The minimum Gasteiger partial charge on any atom is -0.480 e. The van der Waals surface area contributed by atoms with Crippen LogP contribution in [0.15, 0.2) is 54.3 Å². The van der Waals surface area contributed by atoms with Crippen LogP contribution >= 0.6 is 0 Å². The number of carboxylic acids is 1. The molecule has 2 N–H and O–H groups in total. The van der Waals surface area contributed by atoms with Crippen LogP contribution in [0.25, 0.3) is 0 Å². The highest BCUT2D eigenvalue weighted by atomic mass is 32.2. The number of amides is 1. The van der Waals surface area contributed by atoms with Gasteiger partial charge in [-0.25, -0.2) is 8.42 Å². The molecule has 1 aliphatic rings. The Morgan fingerprint density at radius 3 is 2.61 bits per heavy atom. The summed E-state index contributed by atoms with van der Waals surface area (Å²) in [4.78, 5) is 24.1. The average Bonchev–Trinajstić information content (AvgIpc) is 2.63. The molecule has 23 heavy (non-hydrogen) atoms. The van der Waals surface area contributed by atoms with Crippen molar-refractivity contribution in [2.45, 2.75) is 5.75 Å². The number of carbonyl (C=O) groups is 2. The molecular formula is C15H16N2O5S. The van der Waals surface area contributed by atoms with Crippen LogP contribution in [0.5, 0.6) is 0 Å². The Kier molecular flexibility index (Phi) is 5.17. The fourth-order valence-corrected chi connectivity index (χ4v) is 3.25. The van der Waals surface area contributed by atoms with Gasteiger partial charge in [-0.15, -0.1) is 0 Å². The third-order valence-electron chi connectivity index (χ3n) is 3.03. The zero-order valence-electron chi connectivity index (χ0n) is 12.2. The first-order valence-electron chi connectivity index (χ1n) is 6.80. The Balaban J connectivity index is 2.13. The second-order valence-corrected chi connectivity index (χ2v) is 6.66. The number of sulfonamides is 1. The molecule has 1 aromatic rings. The van der Waals surface area contributed by atoms with E-state index in [0.717, 1.165) is 4.90 Å². The molecule has 0 fully saturated rings. The number of benzene rings is 1. The highest BCUT2D eigenvalue weighted by Gasteiger charge is 2.24. The van der Waals surface area contributed by atoms with Gasteiger partial charge in [-0.2, -0.15) is 0 Å². The highest BCUT2D eigenvalue weighted by molar-refractivity contribution is 7.88. The Hall–Kier alpha value is -2.61. The first-order chi connectivity index (χ1) is 10.9. The van der Waals surface area contributed by atoms with E-state index in [0.29, 0.717) is 5.56 Å². The predicted octanol–water partition coefficient (Wildman–Crippen LogP) is 0.473. The molecule has 1 amide bonds. The van der Waals surface area contributed by atoms with Crippen molar-refractivity contribution in [3.05, 3.63) is 59.8 Å².